The molecule has 1 saturated carbocycles. The van der Waals surface area contributed by atoms with Gasteiger partial charge in [-0.25, -0.2) is 4.79 Å². The molecule has 0 aromatic carbocycles. The highest BCUT2D eigenvalue weighted by Crippen LogP contribution is 2.45. The number of rotatable bonds is 3. The first-order chi connectivity index (χ1) is 7.57. The second kappa shape index (κ2) is 3.96. The van der Waals surface area contributed by atoms with E-state index in [1.54, 1.807) is 0 Å². The summed E-state index contributed by atoms with van der Waals surface area (Å²) in [6.07, 6.45) is 2.75. The summed E-state index contributed by atoms with van der Waals surface area (Å²) in [5.41, 5.74) is -0.575. The molecule has 2 aliphatic rings. The predicted molar refractivity (Wildman–Crippen MR) is 56.0 cm³/mol. The number of carbonyl (C=O) groups excluding carboxylic acids is 1. The van der Waals surface area contributed by atoms with Crippen molar-refractivity contribution in [3.63, 3.8) is 0 Å². The van der Waals surface area contributed by atoms with Crippen molar-refractivity contribution in [2.45, 2.75) is 25.7 Å². The normalized spacial score (nSPS) is 29.2. The Morgan fingerprint density at radius 1 is 1.50 bits per heavy atom. The van der Waals surface area contributed by atoms with Gasteiger partial charge >= 0.3 is 12.1 Å². The lowest BCUT2D eigenvalue weighted by atomic mass is 9.81. The van der Waals surface area contributed by atoms with Crippen molar-refractivity contribution in [3.8, 4) is 0 Å². The number of hydrogen-bond donors (Lipinski definition) is 1. The van der Waals surface area contributed by atoms with Crippen LogP contribution in [0.5, 0.6) is 0 Å². The molecule has 90 valence electrons. The van der Waals surface area contributed by atoms with Gasteiger partial charge in [0, 0.05) is 13.1 Å². The van der Waals surface area contributed by atoms with Crippen LogP contribution in [-0.4, -0.2) is 42.3 Å². The number of hydrogen-bond acceptors (Lipinski definition) is 3. The third-order valence-electron chi connectivity index (χ3n) is 3.62. The Balaban J connectivity index is 2.09. The molecular weight excluding hydrogens is 210 g/mol. The van der Waals surface area contributed by atoms with E-state index in [1.807, 2.05) is 0 Å². The molecule has 1 atom stereocenters. The minimum absolute atomic E-state index is 0.247. The molecule has 16 heavy (non-hydrogen) atoms. The van der Waals surface area contributed by atoms with Crippen molar-refractivity contribution in [1.82, 2.24) is 4.90 Å². The second-order valence-electron chi connectivity index (χ2n) is 4.87. The third-order valence-corrected chi connectivity index (χ3v) is 3.62. The van der Waals surface area contributed by atoms with Gasteiger partial charge in [-0.05, 0) is 18.8 Å². The van der Waals surface area contributed by atoms with Crippen LogP contribution in [-0.2, 0) is 9.53 Å². The van der Waals surface area contributed by atoms with E-state index < -0.39 is 11.5 Å². The first kappa shape index (κ1) is 11.2. The van der Waals surface area contributed by atoms with Crippen molar-refractivity contribution in [2.75, 3.05) is 20.2 Å². The van der Waals surface area contributed by atoms with Gasteiger partial charge in [-0.3, -0.25) is 4.79 Å². The molecule has 5 nitrogen and oxygen atoms in total. The number of carboxylic acid groups (broad SMARTS) is 1. The summed E-state index contributed by atoms with van der Waals surface area (Å²) in [4.78, 5) is 24.0. The van der Waals surface area contributed by atoms with Crippen LogP contribution < -0.4 is 0 Å². The molecule has 0 aromatic rings. The molecule has 2 rings (SSSR count). The monoisotopic (exact) mass is 227 g/mol. The van der Waals surface area contributed by atoms with Crippen LogP contribution >= 0.6 is 0 Å². The highest BCUT2D eigenvalue weighted by molar-refractivity contribution is 5.79. The number of nitrogens with zero attached hydrogens (tertiary/aromatic N) is 1. The fourth-order valence-corrected chi connectivity index (χ4v) is 2.54. The topological polar surface area (TPSA) is 66.8 Å². The number of esters is 1. The lowest BCUT2D eigenvalue weighted by molar-refractivity contribution is -0.152. The maximum absolute atomic E-state index is 11.8. The van der Waals surface area contributed by atoms with E-state index in [0.29, 0.717) is 25.4 Å². The molecule has 0 spiro atoms. The van der Waals surface area contributed by atoms with Crippen LogP contribution in [0, 0.1) is 11.3 Å². The van der Waals surface area contributed by atoms with Crippen LogP contribution in [0.1, 0.15) is 25.7 Å². The standard InChI is InChI=1S/C11H17NO4/c1-16-9(13)11(6-8-2-3-8)4-5-12(7-11)10(14)15/h8H,2-7H2,1H3,(H,14,15). The van der Waals surface area contributed by atoms with Crippen LogP contribution in [0.25, 0.3) is 0 Å². The predicted octanol–water partition coefficient (Wildman–Crippen LogP) is 1.33. The van der Waals surface area contributed by atoms with Gasteiger partial charge in [0.1, 0.15) is 0 Å². The molecule has 1 saturated heterocycles. The molecule has 5 heteroatoms. The molecule has 0 radical (unpaired) electrons. The minimum atomic E-state index is -0.943. The van der Waals surface area contributed by atoms with Crippen molar-refractivity contribution in [2.24, 2.45) is 11.3 Å². The van der Waals surface area contributed by atoms with E-state index in [0.717, 1.165) is 19.3 Å². The fourth-order valence-electron chi connectivity index (χ4n) is 2.54. The summed E-state index contributed by atoms with van der Waals surface area (Å²) in [5, 5.41) is 8.92. The Hall–Kier alpha value is -1.26. The maximum atomic E-state index is 11.8. The minimum Gasteiger partial charge on any atom is -0.469 e. The van der Waals surface area contributed by atoms with Gasteiger partial charge in [0.2, 0.25) is 0 Å². The fraction of sp³-hybridized carbons (Fsp3) is 0.818. The zero-order valence-electron chi connectivity index (χ0n) is 9.44. The number of methoxy groups -OCH3 is 1. The highest BCUT2D eigenvalue weighted by atomic mass is 16.5. The Kier molecular flexibility index (Phi) is 2.78. The molecular formula is C11H17NO4. The maximum Gasteiger partial charge on any atom is 0.407 e. The van der Waals surface area contributed by atoms with Gasteiger partial charge in [0.15, 0.2) is 0 Å². The zero-order chi connectivity index (χ0) is 11.8. The van der Waals surface area contributed by atoms with Crippen LogP contribution in [0.3, 0.4) is 0 Å². The molecule has 1 aliphatic heterocycles. The van der Waals surface area contributed by atoms with E-state index in [4.69, 9.17) is 9.84 Å². The van der Waals surface area contributed by atoms with Crippen LogP contribution in [0.2, 0.25) is 0 Å². The third kappa shape index (κ3) is 1.99. The summed E-state index contributed by atoms with van der Waals surface area (Å²) in [6, 6.07) is 0. The first-order valence-corrected chi connectivity index (χ1v) is 5.64. The van der Waals surface area contributed by atoms with Crippen molar-refractivity contribution in [3.05, 3.63) is 0 Å². The van der Waals surface area contributed by atoms with Gasteiger partial charge in [0.05, 0.1) is 12.5 Å². The Labute approximate surface area is 94.4 Å². The van der Waals surface area contributed by atoms with Crippen LogP contribution in [0.15, 0.2) is 0 Å². The van der Waals surface area contributed by atoms with E-state index in [9.17, 15) is 9.59 Å². The second-order valence-corrected chi connectivity index (χ2v) is 4.87. The quantitative estimate of drug-likeness (QED) is 0.738. The van der Waals surface area contributed by atoms with E-state index in [2.05, 4.69) is 0 Å². The summed E-state index contributed by atoms with van der Waals surface area (Å²) < 4.78 is 4.84. The Morgan fingerprint density at radius 2 is 2.19 bits per heavy atom. The number of amides is 1. The Bertz CT molecular complexity index is 313. The molecule has 0 aromatic heterocycles. The molecule has 0 bridgehead atoms. The smallest absolute Gasteiger partial charge is 0.407 e. The lowest BCUT2D eigenvalue weighted by Crippen LogP contribution is -2.37. The summed E-state index contributed by atoms with van der Waals surface area (Å²) in [5.74, 6) is 0.344. The molecule has 1 N–H and O–H groups in total. The SMILES string of the molecule is COC(=O)C1(CC2CC2)CCN(C(=O)O)C1. The largest absolute Gasteiger partial charge is 0.469 e. The Morgan fingerprint density at radius 3 is 2.62 bits per heavy atom. The van der Waals surface area contributed by atoms with Gasteiger partial charge < -0.3 is 14.7 Å². The number of likely N-dealkylation sites (tertiary alicyclic amines) is 1. The summed E-state index contributed by atoms with van der Waals surface area (Å²) in [6.45, 7) is 0.739. The first-order valence-electron chi connectivity index (χ1n) is 5.64. The van der Waals surface area contributed by atoms with Gasteiger partial charge in [0.25, 0.3) is 0 Å². The van der Waals surface area contributed by atoms with Crippen LogP contribution in [0.4, 0.5) is 4.79 Å². The average Bonchev–Trinajstić information content (AvgIpc) is 2.94. The van der Waals surface area contributed by atoms with Crippen molar-refractivity contribution in [1.29, 1.82) is 0 Å². The highest BCUT2D eigenvalue weighted by Gasteiger charge is 2.49. The number of ether oxygens (including phenoxy) is 1. The molecule has 1 heterocycles. The summed E-state index contributed by atoms with van der Waals surface area (Å²) in [7, 11) is 1.38. The van der Waals surface area contributed by atoms with Gasteiger partial charge in [-0.1, -0.05) is 12.8 Å². The van der Waals surface area contributed by atoms with E-state index >= 15 is 0 Å². The van der Waals surface area contributed by atoms with E-state index in [1.165, 1.54) is 12.0 Å². The summed E-state index contributed by atoms with van der Waals surface area (Å²) >= 11 is 0. The number of carbonyl (C=O) groups is 2. The van der Waals surface area contributed by atoms with Crippen molar-refractivity contribution < 1.29 is 19.4 Å². The lowest BCUT2D eigenvalue weighted by Gasteiger charge is -2.25. The molecule has 1 amide bonds. The van der Waals surface area contributed by atoms with Gasteiger partial charge in [-0.2, -0.15) is 0 Å². The van der Waals surface area contributed by atoms with Gasteiger partial charge in [-0.15, -0.1) is 0 Å². The molecule has 1 unspecified atom stereocenters. The van der Waals surface area contributed by atoms with E-state index in [-0.39, 0.29) is 5.97 Å². The average molecular weight is 227 g/mol. The molecule has 2 fully saturated rings. The zero-order valence-corrected chi connectivity index (χ0v) is 9.44. The van der Waals surface area contributed by atoms with Crippen molar-refractivity contribution >= 4 is 12.1 Å². The molecule has 1 aliphatic carbocycles.